The summed E-state index contributed by atoms with van der Waals surface area (Å²) in [6, 6.07) is 14.2. The Balaban J connectivity index is 0.000000307. The van der Waals surface area contributed by atoms with Crippen molar-refractivity contribution < 1.29 is 52.5 Å². The maximum Gasteiger partial charge on any atom is 0.460 e. The van der Waals surface area contributed by atoms with Crippen LogP contribution in [0.2, 0.25) is 0 Å². The second kappa shape index (κ2) is 14.4. The van der Waals surface area contributed by atoms with Gasteiger partial charge in [-0.15, -0.1) is 11.8 Å². The Morgan fingerprint density at radius 3 is 1.88 bits per heavy atom. The van der Waals surface area contributed by atoms with Crippen LogP contribution in [0.4, 0.5) is 39.5 Å². The summed E-state index contributed by atoms with van der Waals surface area (Å²) in [4.78, 5) is 3.03. The minimum absolute atomic E-state index is 0.533. The predicted octanol–water partition coefficient (Wildman–Crippen LogP) is 9.02. The van der Waals surface area contributed by atoms with Gasteiger partial charge in [-0.3, -0.25) is 0 Å². The Labute approximate surface area is 240 Å². The quantitative estimate of drug-likeness (QED) is 0.0751. The summed E-state index contributed by atoms with van der Waals surface area (Å²) < 4.78 is 135. The SMILES string of the molecule is CCCCCCCCSc1ccc2cc([S+]3CCCC3)ccc2c1.O=S(=O)([O-])C(F)(F)C(F)(F)C(F)(F)C(F)(F)F. The van der Waals surface area contributed by atoms with E-state index in [1.807, 2.05) is 11.8 Å². The molecule has 234 valence electrons. The van der Waals surface area contributed by atoms with E-state index in [-0.39, 0.29) is 0 Å². The van der Waals surface area contributed by atoms with E-state index in [1.54, 1.807) is 4.90 Å². The van der Waals surface area contributed by atoms with Crippen LogP contribution >= 0.6 is 11.8 Å². The standard InChI is InChI=1S/C22H31S2.C4HF9O3S/c1-2-3-4-5-6-7-14-23-21-12-10-20-18-22(13-11-19(20)17-21)24-15-8-9-16-24;5-1(6,3(9,10)11)2(7,8)4(12,13)17(14,15)16/h10-13,17-18H,2-9,14-16H2,1H3;(H,14,15,16)/q+1;/p-1. The van der Waals surface area contributed by atoms with Crippen LogP contribution in [0.15, 0.2) is 46.2 Å². The fourth-order valence-corrected chi connectivity index (χ4v) is 7.69. The van der Waals surface area contributed by atoms with Crippen molar-refractivity contribution in [3.63, 3.8) is 0 Å². The van der Waals surface area contributed by atoms with Gasteiger partial charge in [-0.25, -0.2) is 8.42 Å². The van der Waals surface area contributed by atoms with Crippen LogP contribution < -0.4 is 0 Å². The lowest BCUT2D eigenvalue weighted by molar-refractivity contribution is -0.382. The largest absolute Gasteiger partial charge is 0.743 e. The fourth-order valence-electron chi connectivity index (χ4n) is 3.95. The van der Waals surface area contributed by atoms with Crippen molar-refractivity contribution in [2.24, 2.45) is 0 Å². The molecule has 1 heterocycles. The molecule has 15 heteroatoms. The summed E-state index contributed by atoms with van der Waals surface area (Å²) in [7, 11) is -6.88. The van der Waals surface area contributed by atoms with E-state index in [0.29, 0.717) is 10.9 Å². The van der Waals surface area contributed by atoms with Crippen molar-refractivity contribution in [1.82, 2.24) is 0 Å². The molecule has 0 aromatic heterocycles. The third-order valence-corrected chi connectivity index (χ3v) is 10.8. The monoisotopic (exact) mass is 658 g/mol. The predicted molar refractivity (Wildman–Crippen MR) is 143 cm³/mol. The molecule has 1 fully saturated rings. The minimum Gasteiger partial charge on any atom is -0.743 e. The molecular weight excluding hydrogens is 627 g/mol. The zero-order chi connectivity index (χ0) is 31.1. The number of fused-ring (bicyclic) bond motifs is 1. The molecule has 0 spiro atoms. The summed E-state index contributed by atoms with van der Waals surface area (Å²) in [6.45, 7) is 2.28. The highest BCUT2D eigenvalue weighted by atomic mass is 32.2. The van der Waals surface area contributed by atoms with Crippen molar-refractivity contribution in [2.75, 3.05) is 17.3 Å². The molecule has 3 rings (SSSR count). The van der Waals surface area contributed by atoms with Gasteiger partial charge >= 0.3 is 23.3 Å². The molecule has 0 N–H and O–H groups in total. The van der Waals surface area contributed by atoms with Gasteiger partial charge in [0.2, 0.25) is 0 Å². The molecule has 0 unspecified atom stereocenters. The van der Waals surface area contributed by atoms with Crippen molar-refractivity contribution >= 4 is 43.5 Å². The lowest BCUT2D eigenvalue weighted by Crippen LogP contribution is -2.63. The number of unbranched alkanes of at least 4 members (excludes halogenated alkanes) is 5. The van der Waals surface area contributed by atoms with E-state index in [4.69, 9.17) is 0 Å². The molecular formula is C26H31F9O3S3. The van der Waals surface area contributed by atoms with Crippen LogP contribution in [0.25, 0.3) is 10.8 Å². The first-order valence-electron chi connectivity index (χ1n) is 12.9. The molecule has 0 saturated carbocycles. The first-order valence-corrected chi connectivity index (χ1v) is 16.8. The van der Waals surface area contributed by atoms with Gasteiger partial charge in [-0.05, 0) is 60.1 Å². The average Bonchev–Trinajstić information content (AvgIpc) is 3.42. The number of alkyl halides is 9. The van der Waals surface area contributed by atoms with E-state index in [0.717, 1.165) is 0 Å². The summed E-state index contributed by atoms with van der Waals surface area (Å²) in [5.74, 6) is -10.7. The molecule has 2 aromatic carbocycles. The molecule has 0 bridgehead atoms. The van der Waals surface area contributed by atoms with Crippen LogP contribution in [-0.2, 0) is 21.0 Å². The Hall–Kier alpha value is -1.32. The third kappa shape index (κ3) is 8.85. The maximum absolute atomic E-state index is 12.2. The second-order valence-electron chi connectivity index (χ2n) is 9.51. The third-order valence-electron chi connectivity index (χ3n) is 6.34. The lowest BCUT2D eigenvalue weighted by atomic mass is 10.1. The van der Waals surface area contributed by atoms with E-state index in [2.05, 4.69) is 43.3 Å². The number of rotatable bonds is 12. The summed E-state index contributed by atoms with van der Waals surface area (Å²) >= 11 is 2.03. The van der Waals surface area contributed by atoms with Gasteiger partial charge in [0.1, 0.15) is 11.5 Å². The molecule has 41 heavy (non-hydrogen) atoms. The average molecular weight is 659 g/mol. The van der Waals surface area contributed by atoms with Gasteiger partial charge in [0.15, 0.2) is 15.0 Å². The number of thioether (sulfide) groups is 1. The van der Waals surface area contributed by atoms with Crippen LogP contribution in [0.3, 0.4) is 0 Å². The molecule has 1 aliphatic heterocycles. The summed E-state index contributed by atoms with van der Waals surface area (Å²) in [5, 5.41) is -4.27. The highest BCUT2D eigenvalue weighted by molar-refractivity contribution is 7.99. The van der Waals surface area contributed by atoms with Gasteiger partial charge in [0.05, 0.1) is 0 Å². The smallest absolute Gasteiger partial charge is 0.460 e. The first kappa shape index (κ1) is 35.9. The molecule has 1 saturated heterocycles. The van der Waals surface area contributed by atoms with Gasteiger partial charge < -0.3 is 4.55 Å². The Kier molecular flexibility index (Phi) is 12.6. The van der Waals surface area contributed by atoms with Crippen LogP contribution in [0.5, 0.6) is 0 Å². The van der Waals surface area contributed by atoms with Gasteiger partial charge in [0, 0.05) is 21.9 Å². The van der Waals surface area contributed by atoms with Crippen molar-refractivity contribution in [3.8, 4) is 0 Å². The first-order chi connectivity index (χ1) is 18.9. The van der Waals surface area contributed by atoms with Crippen LogP contribution in [0.1, 0.15) is 58.3 Å². The van der Waals surface area contributed by atoms with Crippen molar-refractivity contribution in [1.29, 1.82) is 0 Å². The molecule has 0 radical (unpaired) electrons. The normalized spacial score (nSPS) is 15.7. The zero-order valence-electron chi connectivity index (χ0n) is 22.1. The number of hydrogen-bond acceptors (Lipinski definition) is 4. The van der Waals surface area contributed by atoms with Crippen molar-refractivity contribution in [2.45, 2.75) is 91.4 Å². The molecule has 0 atom stereocenters. The maximum atomic E-state index is 12.2. The van der Waals surface area contributed by atoms with E-state index in [9.17, 15) is 52.5 Å². The number of hydrogen-bond donors (Lipinski definition) is 0. The molecule has 2 aromatic rings. The Morgan fingerprint density at radius 1 is 0.780 bits per heavy atom. The molecule has 1 aliphatic rings. The van der Waals surface area contributed by atoms with Gasteiger partial charge in [-0.2, -0.15) is 39.5 Å². The second-order valence-corrected chi connectivity index (χ2v) is 14.4. The molecule has 0 amide bonds. The van der Waals surface area contributed by atoms with Crippen LogP contribution in [-0.4, -0.2) is 53.5 Å². The van der Waals surface area contributed by atoms with E-state index >= 15 is 0 Å². The lowest BCUT2D eigenvalue weighted by Gasteiger charge is -2.34. The Bertz CT molecular complexity index is 1230. The summed E-state index contributed by atoms with van der Waals surface area (Å²) in [6.07, 6.45) is 4.02. The van der Waals surface area contributed by atoms with E-state index in [1.165, 1.54) is 84.3 Å². The van der Waals surface area contributed by atoms with Gasteiger partial charge in [-0.1, -0.05) is 45.1 Å². The zero-order valence-corrected chi connectivity index (χ0v) is 24.5. The Morgan fingerprint density at radius 2 is 1.32 bits per heavy atom. The van der Waals surface area contributed by atoms with Crippen LogP contribution in [0, 0.1) is 0 Å². The van der Waals surface area contributed by atoms with E-state index < -0.39 is 33.4 Å². The molecule has 3 nitrogen and oxygen atoms in total. The highest BCUT2D eigenvalue weighted by Crippen LogP contribution is 2.54. The fraction of sp³-hybridized carbons (Fsp3) is 0.615. The van der Waals surface area contributed by atoms with Crippen molar-refractivity contribution in [3.05, 3.63) is 36.4 Å². The highest BCUT2D eigenvalue weighted by Gasteiger charge is 2.83. The van der Waals surface area contributed by atoms with Gasteiger partial charge in [0.25, 0.3) is 0 Å². The molecule has 0 aliphatic carbocycles. The number of benzene rings is 2. The summed E-state index contributed by atoms with van der Waals surface area (Å²) in [5.41, 5.74) is 0. The minimum atomic E-state index is -7.43. The topological polar surface area (TPSA) is 57.2 Å². The number of halogens is 9.